The van der Waals surface area contributed by atoms with Crippen molar-refractivity contribution < 1.29 is 30.3 Å². The van der Waals surface area contributed by atoms with E-state index in [1.807, 2.05) is 64.2 Å². The van der Waals surface area contributed by atoms with Crippen LogP contribution in [0.2, 0.25) is 0 Å². The van der Waals surface area contributed by atoms with E-state index < -0.39 is 17.7 Å². The van der Waals surface area contributed by atoms with E-state index in [1.54, 1.807) is 13.8 Å². The molecule has 0 aliphatic rings. The van der Waals surface area contributed by atoms with Crippen molar-refractivity contribution in [2.24, 2.45) is 0 Å². The standard InChI is InChI=1S/C63H70N3O.Pt/c1-38(2)41-19-21-42(22-20-41)44-29-30-64-55(36-44)47-31-46(32-50(33-47)63(13,14)15)51-17-16-18-57-58(51)65-60(54-35-45(39(3)4)34-52(40(5)6)59(54)67)66(57)56-28-27-49(62(10,11)12)37-53(56)43-23-25-48(26-24-43)61(7,8)9;/h16-30,32-40,67H,1-15H3;/q-1;/i38D,39D,40D;. The van der Waals surface area contributed by atoms with Gasteiger partial charge >= 0.3 is 0 Å². The molecule has 2 aromatic heterocycles. The van der Waals surface area contributed by atoms with Gasteiger partial charge in [0.1, 0.15) is 11.6 Å². The predicted octanol–water partition coefficient (Wildman–Crippen LogP) is 17.5. The molecule has 0 atom stereocenters. The molecule has 0 aliphatic carbocycles. The number of hydrogen-bond acceptors (Lipinski definition) is 3. The van der Waals surface area contributed by atoms with Crippen LogP contribution in [0.3, 0.4) is 0 Å². The first-order valence-electron chi connectivity index (χ1n) is 25.2. The zero-order valence-corrected chi connectivity index (χ0v) is 45.0. The molecule has 0 unspecified atom stereocenters. The number of imidazole rings is 1. The first kappa shape index (κ1) is 46.2. The second kappa shape index (κ2) is 19.1. The summed E-state index contributed by atoms with van der Waals surface area (Å²) >= 11 is 0. The molecular formula is C63H70N3OPt-. The molecule has 5 heteroatoms. The molecule has 0 radical (unpaired) electrons. The molecule has 6 aromatic carbocycles. The number of phenols is 1. The fourth-order valence-electron chi connectivity index (χ4n) is 8.83. The number of hydrogen-bond donors (Lipinski definition) is 1. The number of phenolic OH excluding ortho intramolecular Hbond substituents is 1. The van der Waals surface area contributed by atoms with E-state index in [0.29, 0.717) is 22.5 Å². The van der Waals surface area contributed by atoms with Crippen LogP contribution in [0.15, 0.2) is 128 Å². The molecule has 2 heterocycles. The van der Waals surface area contributed by atoms with Gasteiger partial charge in [0.2, 0.25) is 0 Å². The molecule has 4 nitrogen and oxygen atoms in total. The molecule has 0 fully saturated rings. The Balaban J connectivity index is 0.00000741. The average Bonchev–Trinajstić information content (AvgIpc) is 3.66. The van der Waals surface area contributed by atoms with Crippen LogP contribution in [0.4, 0.5) is 0 Å². The third-order valence-corrected chi connectivity index (χ3v) is 13.2. The molecule has 0 amide bonds. The summed E-state index contributed by atoms with van der Waals surface area (Å²) in [5.41, 5.74) is 15.6. The van der Waals surface area contributed by atoms with Gasteiger partial charge in [0.15, 0.2) is 0 Å². The number of rotatable bonds is 9. The molecule has 0 saturated heterocycles. The molecule has 0 aliphatic heterocycles. The third kappa shape index (κ3) is 10.1. The van der Waals surface area contributed by atoms with Crippen LogP contribution in [0, 0.1) is 6.07 Å². The second-order valence-corrected chi connectivity index (χ2v) is 22.1. The minimum Gasteiger partial charge on any atom is -0.507 e. The number of para-hydroxylation sites is 1. The summed E-state index contributed by atoms with van der Waals surface area (Å²) in [6, 6.07) is 46.1. The third-order valence-electron chi connectivity index (χ3n) is 13.2. The predicted molar refractivity (Wildman–Crippen MR) is 285 cm³/mol. The van der Waals surface area contributed by atoms with E-state index in [9.17, 15) is 7.85 Å². The van der Waals surface area contributed by atoms with E-state index in [2.05, 4.69) is 164 Å². The maximum absolute atomic E-state index is 12.5. The van der Waals surface area contributed by atoms with Gasteiger partial charge in [-0.1, -0.05) is 194 Å². The molecular weight excluding hydrogens is 1010 g/mol. The van der Waals surface area contributed by atoms with Crippen LogP contribution in [0.5, 0.6) is 5.75 Å². The first-order chi connectivity index (χ1) is 32.4. The van der Waals surface area contributed by atoms with Crippen molar-refractivity contribution in [2.75, 3.05) is 0 Å². The van der Waals surface area contributed by atoms with Crippen LogP contribution < -0.4 is 0 Å². The minimum atomic E-state index is -1.18. The van der Waals surface area contributed by atoms with Gasteiger partial charge in [-0.05, 0) is 109 Å². The molecule has 354 valence electrons. The largest absolute Gasteiger partial charge is 0.507 e. The summed E-state index contributed by atoms with van der Waals surface area (Å²) in [6.45, 7) is 31.1. The van der Waals surface area contributed by atoms with Gasteiger partial charge in [-0.25, -0.2) is 4.98 Å². The number of aromatic nitrogens is 3. The first-order valence-corrected chi connectivity index (χ1v) is 23.7. The molecule has 1 N–H and O–H groups in total. The van der Waals surface area contributed by atoms with E-state index in [1.165, 1.54) is 11.1 Å². The number of aromatic hydroxyl groups is 1. The topological polar surface area (TPSA) is 50.9 Å². The average molecular weight is 1080 g/mol. The molecule has 8 rings (SSSR count). The van der Waals surface area contributed by atoms with Gasteiger partial charge < -0.3 is 5.11 Å². The fourth-order valence-corrected chi connectivity index (χ4v) is 8.83. The Morgan fingerprint density at radius 1 is 0.544 bits per heavy atom. The van der Waals surface area contributed by atoms with Crippen LogP contribution in [0.25, 0.3) is 72.7 Å². The number of pyridine rings is 1. The van der Waals surface area contributed by atoms with Gasteiger partial charge in [-0.3, -0.25) is 9.55 Å². The Hall–Kier alpha value is -5.57. The van der Waals surface area contributed by atoms with Gasteiger partial charge in [-0.2, -0.15) is 0 Å². The Bertz CT molecular complexity index is 3250. The van der Waals surface area contributed by atoms with Gasteiger partial charge in [0.25, 0.3) is 0 Å². The van der Waals surface area contributed by atoms with E-state index in [4.69, 9.17) is 11.3 Å². The maximum Gasteiger partial charge on any atom is 0.148 e. The van der Waals surface area contributed by atoms with Crippen LogP contribution in [0.1, 0.15) is 159 Å². The summed E-state index contributed by atoms with van der Waals surface area (Å²) in [5.74, 6) is -2.42. The second-order valence-electron chi connectivity index (χ2n) is 22.1. The molecule has 0 bridgehead atoms. The van der Waals surface area contributed by atoms with Crippen LogP contribution in [-0.4, -0.2) is 19.6 Å². The van der Waals surface area contributed by atoms with E-state index in [0.717, 1.165) is 72.5 Å². The summed E-state index contributed by atoms with van der Waals surface area (Å²) < 4.78 is 29.2. The van der Waals surface area contributed by atoms with Crippen molar-refractivity contribution in [1.82, 2.24) is 14.5 Å². The molecule has 0 spiro atoms. The number of benzene rings is 6. The van der Waals surface area contributed by atoms with Crippen molar-refractivity contribution in [3.63, 3.8) is 0 Å². The van der Waals surface area contributed by atoms with E-state index >= 15 is 0 Å². The Morgan fingerprint density at radius 3 is 1.75 bits per heavy atom. The molecule has 68 heavy (non-hydrogen) atoms. The molecule has 0 saturated carbocycles. The van der Waals surface area contributed by atoms with Gasteiger partial charge in [-0.15, -0.1) is 29.3 Å². The number of nitrogens with zero attached hydrogens (tertiary/aromatic N) is 3. The van der Waals surface area contributed by atoms with Crippen molar-refractivity contribution in [2.45, 2.75) is 138 Å². The van der Waals surface area contributed by atoms with Crippen molar-refractivity contribution >= 4 is 11.0 Å². The van der Waals surface area contributed by atoms with Gasteiger partial charge in [0.05, 0.1) is 22.3 Å². The molecule has 8 aromatic rings. The van der Waals surface area contributed by atoms with Crippen molar-refractivity contribution in [3.8, 4) is 67.5 Å². The maximum atomic E-state index is 12.5. The van der Waals surface area contributed by atoms with E-state index in [-0.39, 0.29) is 43.1 Å². The summed E-state index contributed by atoms with van der Waals surface area (Å²) in [6.07, 6.45) is 1.85. The summed E-state index contributed by atoms with van der Waals surface area (Å²) in [7, 11) is 0. The van der Waals surface area contributed by atoms with Gasteiger partial charge in [0, 0.05) is 42.6 Å². The zero-order chi connectivity index (χ0) is 51.1. The SMILES string of the molecule is [2H]C(C)(C)c1ccc(-c2ccnc(-c3[c-]c(-c4cccc5c4nc(-c4cc(C([2H])(C)C)cc(C([2H])(C)C)c4O)n5-c4ccc(C(C)(C)C)cc4-c4ccc(C(C)(C)C)cc4)cc(C(C)(C)C)c3)c2)cc1.[Pt]. The van der Waals surface area contributed by atoms with Crippen molar-refractivity contribution in [1.29, 1.82) is 0 Å². The summed E-state index contributed by atoms with van der Waals surface area (Å²) in [5, 5.41) is 12.5. The number of fused-ring (bicyclic) bond motifs is 1. The minimum absolute atomic E-state index is 0. The van der Waals surface area contributed by atoms with Crippen molar-refractivity contribution in [3.05, 3.63) is 167 Å². The summed E-state index contributed by atoms with van der Waals surface area (Å²) in [4.78, 5) is 10.5. The van der Waals surface area contributed by atoms with Crippen LogP contribution in [-0.2, 0) is 37.3 Å². The monoisotopic (exact) mass is 1080 g/mol. The Kier molecular flexibility index (Phi) is 13.0. The van der Waals surface area contributed by atoms with Crippen LogP contribution >= 0.6 is 0 Å². The Morgan fingerprint density at radius 2 is 1.15 bits per heavy atom. The smallest absolute Gasteiger partial charge is 0.148 e. The fraction of sp³-hybridized carbons (Fsp3) is 0.333. The quantitative estimate of drug-likeness (QED) is 0.147. The Labute approximate surface area is 425 Å². The zero-order valence-electron chi connectivity index (χ0n) is 45.7. The normalized spacial score (nSPS) is 13.5.